The van der Waals surface area contributed by atoms with Crippen molar-refractivity contribution in [2.75, 3.05) is 19.0 Å². The number of nitrogens with zero attached hydrogens (tertiary/aromatic N) is 1. The molecule has 0 fully saturated rings. The largest absolute Gasteiger partial charge is 0.243 e. The molecule has 0 aliphatic rings. The van der Waals surface area contributed by atoms with Crippen molar-refractivity contribution >= 4 is 44.8 Å². The highest BCUT2D eigenvalue weighted by Crippen LogP contribution is 2.24. The summed E-state index contributed by atoms with van der Waals surface area (Å²) in [4.78, 5) is 0.108. The molecule has 0 aromatic heterocycles. The summed E-state index contributed by atoms with van der Waals surface area (Å²) in [6.45, 7) is 2.54. The zero-order valence-corrected chi connectivity index (χ0v) is 13.0. The van der Waals surface area contributed by atoms with Gasteiger partial charge in [-0.3, -0.25) is 0 Å². The maximum absolute atomic E-state index is 12.3. The second kappa shape index (κ2) is 6.96. The van der Waals surface area contributed by atoms with Crippen LogP contribution in [0.3, 0.4) is 0 Å². The number of benzene rings is 1. The van der Waals surface area contributed by atoms with Crippen molar-refractivity contribution in [1.29, 1.82) is 0 Å². The van der Waals surface area contributed by atoms with Crippen LogP contribution in [-0.4, -0.2) is 31.7 Å². The predicted octanol–water partition coefficient (Wildman–Crippen LogP) is 3.63. The lowest BCUT2D eigenvalue weighted by Gasteiger charge is -2.20. The molecule has 102 valence electrons. The van der Waals surface area contributed by atoms with E-state index in [0.29, 0.717) is 35.4 Å². The lowest BCUT2D eigenvalue weighted by molar-refractivity contribution is 0.428. The van der Waals surface area contributed by atoms with Gasteiger partial charge in [0.25, 0.3) is 0 Å². The molecule has 0 saturated carbocycles. The molecule has 0 N–H and O–H groups in total. The molecule has 0 aliphatic carbocycles. The Balaban J connectivity index is 3.10. The Morgan fingerprint density at radius 2 is 1.72 bits per heavy atom. The van der Waals surface area contributed by atoms with E-state index in [1.54, 1.807) is 6.92 Å². The summed E-state index contributed by atoms with van der Waals surface area (Å²) in [7, 11) is -3.56. The maximum atomic E-state index is 12.3. The molecule has 0 heterocycles. The molecule has 0 bridgehead atoms. The first-order chi connectivity index (χ1) is 8.41. The van der Waals surface area contributed by atoms with Crippen molar-refractivity contribution in [2.24, 2.45) is 0 Å². The maximum Gasteiger partial charge on any atom is 0.243 e. The standard InChI is InChI=1S/C11H14Cl3NO2S/c1-2-15(5-3-4-12)18(16,17)11-7-9(13)6-10(14)8-11/h6-8H,2-5H2,1H3. The monoisotopic (exact) mass is 329 g/mol. The van der Waals surface area contributed by atoms with Crippen molar-refractivity contribution in [1.82, 2.24) is 4.31 Å². The molecule has 0 aliphatic heterocycles. The molecule has 7 heteroatoms. The van der Waals surface area contributed by atoms with Gasteiger partial charge in [-0.2, -0.15) is 4.31 Å². The minimum atomic E-state index is -3.56. The molecule has 1 rings (SSSR count). The summed E-state index contributed by atoms with van der Waals surface area (Å²) in [5, 5.41) is 0.601. The Hall–Kier alpha value is -0.000000000000000111. The zero-order valence-electron chi connectivity index (χ0n) is 9.87. The second-order valence-electron chi connectivity index (χ2n) is 3.64. The molecule has 1 aromatic carbocycles. The number of halogens is 3. The van der Waals surface area contributed by atoms with E-state index in [-0.39, 0.29) is 4.90 Å². The van der Waals surface area contributed by atoms with E-state index in [9.17, 15) is 8.42 Å². The topological polar surface area (TPSA) is 37.4 Å². The predicted molar refractivity (Wildman–Crippen MR) is 76.2 cm³/mol. The number of hydrogen-bond donors (Lipinski definition) is 0. The molecule has 0 amide bonds. The molecular weight excluding hydrogens is 317 g/mol. The highest BCUT2D eigenvalue weighted by molar-refractivity contribution is 7.89. The summed E-state index contributed by atoms with van der Waals surface area (Å²) < 4.78 is 26.0. The Kier molecular flexibility index (Phi) is 6.21. The van der Waals surface area contributed by atoms with Gasteiger partial charge in [0.05, 0.1) is 4.90 Å². The lowest BCUT2D eigenvalue weighted by Crippen LogP contribution is -2.32. The van der Waals surface area contributed by atoms with Gasteiger partial charge in [0.15, 0.2) is 0 Å². The number of sulfonamides is 1. The zero-order chi connectivity index (χ0) is 13.8. The third-order valence-electron chi connectivity index (χ3n) is 2.37. The SMILES string of the molecule is CCN(CCCCl)S(=O)(=O)c1cc(Cl)cc(Cl)c1. The van der Waals surface area contributed by atoms with Crippen LogP contribution in [0.2, 0.25) is 10.0 Å². The van der Waals surface area contributed by atoms with Crippen molar-refractivity contribution in [2.45, 2.75) is 18.2 Å². The van der Waals surface area contributed by atoms with Gasteiger partial charge in [0.2, 0.25) is 10.0 Å². The van der Waals surface area contributed by atoms with Crippen LogP contribution < -0.4 is 0 Å². The summed E-state index contributed by atoms with van der Waals surface area (Å²) in [5.41, 5.74) is 0. The van der Waals surface area contributed by atoms with Gasteiger partial charge < -0.3 is 0 Å². The van der Waals surface area contributed by atoms with Crippen molar-refractivity contribution in [3.8, 4) is 0 Å². The van der Waals surface area contributed by atoms with Crippen LogP contribution in [0.25, 0.3) is 0 Å². The van der Waals surface area contributed by atoms with Crippen LogP contribution in [0.1, 0.15) is 13.3 Å². The van der Waals surface area contributed by atoms with Gasteiger partial charge in [0.1, 0.15) is 0 Å². The second-order valence-corrected chi connectivity index (χ2v) is 6.83. The molecule has 0 spiro atoms. The molecular formula is C11H14Cl3NO2S. The van der Waals surface area contributed by atoms with Crippen molar-refractivity contribution in [3.63, 3.8) is 0 Å². The molecule has 0 atom stereocenters. The Morgan fingerprint density at radius 1 is 1.17 bits per heavy atom. The number of alkyl halides is 1. The van der Waals surface area contributed by atoms with Crippen LogP contribution in [0.5, 0.6) is 0 Å². The van der Waals surface area contributed by atoms with E-state index in [1.165, 1.54) is 22.5 Å². The van der Waals surface area contributed by atoms with Gasteiger partial charge in [0, 0.05) is 29.0 Å². The Bertz CT molecular complexity index is 485. The minimum absolute atomic E-state index is 0.108. The van der Waals surface area contributed by atoms with Crippen LogP contribution in [0.4, 0.5) is 0 Å². The van der Waals surface area contributed by atoms with E-state index in [2.05, 4.69) is 0 Å². The van der Waals surface area contributed by atoms with E-state index < -0.39 is 10.0 Å². The molecule has 0 unspecified atom stereocenters. The Labute approximate surface area is 123 Å². The van der Waals surface area contributed by atoms with E-state index in [4.69, 9.17) is 34.8 Å². The van der Waals surface area contributed by atoms with E-state index >= 15 is 0 Å². The van der Waals surface area contributed by atoms with Crippen molar-refractivity contribution < 1.29 is 8.42 Å². The molecule has 0 radical (unpaired) electrons. The molecule has 3 nitrogen and oxygen atoms in total. The van der Waals surface area contributed by atoms with Crippen LogP contribution in [0, 0.1) is 0 Å². The average molecular weight is 331 g/mol. The normalized spacial score (nSPS) is 12.1. The number of hydrogen-bond acceptors (Lipinski definition) is 2. The van der Waals surface area contributed by atoms with Gasteiger partial charge in [-0.25, -0.2) is 8.42 Å². The summed E-state index contributed by atoms with van der Waals surface area (Å²) in [5.74, 6) is 0.419. The molecule has 18 heavy (non-hydrogen) atoms. The highest BCUT2D eigenvalue weighted by atomic mass is 35.5. The van der Waals surface area contributed by atoms with Gasteiger partial charge in [-0.1, -0.05) is 30.1 Å². The van der Waals surface area contributed by atoms with Gasteiger partial charge >= 0.3 is 0 Å². The van der Waals surface area contributed by atoms with Crippen LogP contribution in [-0.2, 0) is 10.0 Å². The van der Waals surface area contributed by atoms with Crippen LogP contribution >= 0.6 is 34.8 Å². The first-order valence-corrected chi connectivity index (χ1v) is 8.17. The van der Waals surface area contributed by atoms with Crippen LogP contribution in [0.15, 0.2) is 23.1 Å². The molecule has 0 saturated heterocycles. The van der Waals surface area contributed by atoms with E-state index in [1.807, 2.05) is 0 Å². The van der Waals surface area contributed by atoms with E-state index in [0.717, 1.165) is 0 Å². The summed E-state index contributed by atoms with van der Waals surface area (Å²) in [6, 6.07) is 4.29. The average Bonchev–Trinajstić information content (AvgIpc) is 2.28. The quantitative estimate of drug-likeness (QED) is 0.747. The number of rotatable bonds is 6. The minimum Gasteiger partial charge on any atom is -0.207 e. The third-order valence-corrected chi connectivity index (χ3v) is 5.02. The smallest absolute Gasteiger partial charge is 0.207 e. The molecule has 1 aromatic rings. The summed E-state index contributed by atoms with van der Waals surface area (Å²) >= 11 is 17.2. The highest BCUT2D eigenvalue weighted by Gasteiger charge is 2.23. The fourth-order valence-corrected chi connectivity index (χ4v) is 3.85. The first-order valence-electron chi connectivity index (χ1n) is 5.44. The van der Waals surface area contributed by atoms with Gasteiger partial charge in [-0.15, -0.1) is 11.6 Å². The first kappa shape index (κ1) is 16.1. The lowest BCUT2D eigenvalue weighted by atomic mass is 10.4. The van der Waals surface area contributed by atoms with Gasteiger partial charge in [-0.05, 0) is 24.6 Å². The van der Waals surface area contributed by atoms with Crippen molar-refractivity contribution in [3.05, 3.63) is 28.2 Å². The fraction of sp³-hybridized carbons (Fsp3) is 0.455. The summed E-state index contributed by atoms with van der Waals surface area (Å²) in [6.07, 6.45) is 0.600. The fourth-order valence-electron chi connectivity index (χ4n) is 1.51. The Morgan fingerprint density at radius 3 is 2.17 bits per heavy atom. The third kappa shape index (κ3) is 4.00.